The van der Waals surface area contributed by atoms with E-state index in [1.807, 2.05) is 51.1 Å². The quantitative estimate of drug-likeness (QED) is 0.502. The number of aliphatic carboxylic acids is 2. The van der Waals surface area contributed by atoms with Crippen molar-refractivity contribution in [2.24, 2.45) is 28.9 Å². The van der Waals surface area contributed by atoms with E-state index in [-0.39, 0.29) is 24.4 Å². The van der Waals surface area contributed by atoms with Crippen molar-refractivity contribution in [2.75, 3.05) is 7.11 Å². The van der Waals surface area contributed by atoms with Gasteiger partial charge in [-0.2, -0.15) is 0 Å². The van der Waals surface area contributed by atoms with Crippen LogP contribution in [0.3, 0.4) is 0 Å². The van der Waals surface area contributed by atoms with E-state index in [0.717, 1.165) is 5.56 Å². The van der Waals surface area contributed by atoms with Crippen LogP contribution in [-0.2, 0) is 20.7 Å². The number of nitrogens with two attached hydrogens (primary N) is 1. The molecule has 1 rings (SSSR count). The normalized spacial score (nSPS) is 18.1. The molecule has 5 atom stereocenters. The molecule has 1 aromatic carbocycles. The zero-order chi connectivity index (χ0) is 21.5. The Morgan fingerprint density at radius 1 is 1.11 bits per heavy atom. The van der Waals surface area contributed by atoms with Gasteiger partial charge in [0, 0.05) is 13.2 Å². The molecule has 0 aliphatic heterocycles. The number of carbonyl (C=O) groups is 2. The maximum atomic E-state index is 12.1. The summed E-state index contributed by atoms with van der Waals surface area (Å²) in [6.45, 7) is 7.27. The number of carboxylic acid groups (broad SMARTS) is 2. The number of benzene rings is 1. The summed E-state index contributed by atoms with van der Waals surface area (Å²) >= 11 is 0. The summed E-state index contributed by atoms with van der Waals surface area (Å²) < 4.78 is 5.65. The van der Waals surface area contributed by atoms with E-state index < -0.39 is 29.3 Å². The molecule has 0 bridgehead atoms. The van der Waals surface area contributed by atoms with Crippen molar-refractivity contribution < 1.29 is 24.5 Å². The van der Waals surface area contributed by atoms with Gasteiger partial charge in [-0.1, -0.05) is 51.1 Å². The lowest BCUT2D eigenvalue weighted by molar-refractivity contribution is -0.154. The molecule has 0 spiro atoms. The number of rotatable bonds is 12. The summed E-state index contributed by atoms with van der Waals surface area (Å²) in [4.78, 5) is 23.9. The van der Waals surface area contributed by atoms with Gasteiger partial charge >= 0.3 is 11.9 Å². The highest BCUT2D eigenvalue weighted by Crippen LogP contribution is 2.37. The van der Waals surface area contributed by atoms with Crippen molar-refractivity contribution in [1.82, 2.24) is 0 Å². The molecule has 6 heteroatoms. The van der Waals surface area contributed by atoms with E-state index in [9.17, 15) is 19.8 Å². The number of hydrogen-bond donors (Lipinski definition) is 3. The molecular formula is C22H35NO5. The minimum atomic E-state index is -1.21. The molecule has 0 saturated carbocycles. The lowest BCUT2D eigenvalue weighted by atomic mass is 9.71. The van der Waals surface area contributed by atoms with Gasteiger partial charge in [0.15, 0.2) is 0 Å². The predicted octanol–water partition coefficient (Wildman–Crippen LogP) is 3.44. The first-order valence-corrected chi connectivity index (χ1v) is 9.80. The van der Waals surface area contributed by atoms with Gasteiger partial charge in [0.05, 0.1) is 17.4 Å². The zero-order valence-electron chi connectivity index (χ0n) is 17.6. The van der Waals surface area contributed by atoms with Crippen molar-refractivity contribution in [2.45, 2.75) is 59.1 Å². The molecule has 0 fully saturated rings. The van der Waals surface area contributed by atoms with Crippen molar-refractivity contribution >= 4 is 11.9 Å². The highest BCUT2D eigenvalue weighted by atomic mass is 16.5. The smallest absolute Gasteiger partial charge is 0.309 e. The van der Waals surface area contributed by atoms with Crippen LogP contribution in [0.4, 0.5) is 0 Å². The largest absolute Gasteiger partial charge is 0.481 e. The molecule has 1 aromatic rings. The summed E-state index contributed by atoms with van der Waals surface area (Å²) in [5.74, 6) is -3.09. The SMILES string of the molecule is COC(Cc1ccccc1)C(C)CC(C)(CC(C(=O)O)C(N)C(C)C)C(=O)O. The number of methoxy groups -OCH3 is 1. The molecule has 0 heterocycles. The van der Waals surface area contributed by atoms with E-state index in [1.165, 1.54) is 0 Å². The first-order chi connectivity index (χ1) is 13.0. The van der Waals surface area contributed by atoms with Crippen LogP contribution in [0, 0.1) is 23.2 Å². The summed E-state index contributed by atoms with van der Waals surface area (Å²) in [7, 11) is 1.62. The second-order valence-electron chi connectivity index (χ2n) is 8.48. The molecule has 0 aromatic heterocycles. The molecule has 4 N–H and O–H groups in total. The van der Waals surface area contributed by atoms with E-state index in [4.69, 9.17) is 10.5 Å². The van der Waals surface area contributed by atoms with E-state index in [0.29, 0.717) is 12.8 Å². The molecule has 0 radical (unpaired) electrons. The Bertz CT molecular complexity index is 633. The second kappa shape index (κ2) is 10.6. The Labute approximate surface area is 168 Å². The van der Waals surface area contributed by atoms with Gasteiger partial charge in [0.2, 0.25) is 0 Å². The summed E-state index contributed by atoms with van der Waals surface area (Å²) in [6, 6.07) is 9.28. The van der Waals surface area contributed by atoms with Crippen LogP contribution in [0.1, 0.15) is 46.1 Å². The van der Waals surface area contributed by atoms with Gasteiger partial charge in [-0.15, -0.1) is 0 Å². The van der Waals surface area contributed by atoms with Gasteiger partial charge in [0.1, 0.15) is 0 Å². The van der Waals surface area contributed by atoms with E-state index in [2.05, 4.69) is 0 Å². The molecular weight excluding hydrogens is 358 g/mol. The molecule has 0 aliphatic carbocycles. The highest BCUT2D eigenvalue weighted by Gasteiger charge is 2.42. The maximum Gasteiger partial charge on any atom is 0.309 e. The van der Waals surface area contributed by atoms with Gasteiger partial charge in [-0.25, -0.2) is 0 Å². The first-order valence-electron chi connectivity index (χ1n) is 9.80. The van der Waals surface area contributed by atoms with Crippen molar-refractivity contribution in [1.29, 1.82) is 0 Å². The second-order valence-corrected chi connectivity index (χ2v) is 8.48. The standard InChI is InChI=1S/C22H35NO5/c1-14(2)19(23)17(20(24)25)13-22(4,21(26)27)12-15(3)18(28-5)11-16-9-7-6-8-10-16/h6-10,14-15,17-19H,11-13,23H2,1-5H3,(H,24,25)(H,26,27). The molecule has 5 unspecified atom stereocenters. The van der Waals surface area contributed by atoms with Crippen LogP contribution in [0.15, 0.2) is 30.3 Å². The minimum Gasteiger partial charge on any atom is -0.481 e. The Kier molecular flexibility index (Phi) is 9.11. The summed E-state index contributed by atoms with van der Waals surface area (Å²) in [5.41, 5.74) is 6.00. The lowest BCUT2D eigenvalue weighted by Gasteiger charge is -2.35. The number of ether oxygens (including phenoxy) is 1. The molecule has 6 nitrogen and oxygen atoms in total. The monoisotopic (exact) mass is 393 g/mol. The predicted molar refractivity (Wildman–Crippen MR) is 109 cm³/mol. The Balaban J connectivity index is 2.98. The topological polar surface area (TPSA) is 110 Å². The van der Waals surface area contributed by atoms with Crippen molar-refractivity contribution in [3.8, 4) is 0 Å². The van der Waals surface area contributed by atoms with E-state index in [1.54, 1.807) is 14.0 Å². The summed E-state index contributed by atoms with van der Waals surface area (Å²) in [5, 5.41) is 19.5. The van der Waals surface area contributed by atoms with Crippen LogP contribution in [0.2, 0.25) is 0 Å². The third-order valence-corrected chi connectivity index (χ3v) is 5.73. The van der Waals surface area contributed by atoms with Gasteiger partial charge < -0.3 is 20.7 Å². The molecule has 0 saturated heterocycles. The van der Waals surface area contributed by atoms with Crippen molar-refractivity contribution in [3.05, 3.63) is 35.9 Å². The fraction of sp³-hybridized carbons (Fsp3) is 0.636. The number of carboxylic acids is 2. The Hall–Kier alpha value is -1.92. The number of hydrogen-bond acceptors (Lipinski definition) is 4. The fourth-order valence-corrected chi connectivity index (χ4v) is 3.80. The zero-order valence-corrected chi connectivity index (χ0v) is 17.6. The fourth-order valence-electron chi connectivity index (χ4n) is 3.80. The van der Waals surface area contributed by atoms with Crippen LogP contribution >= 0.6 is 0 Å². The van der Waals surface area contributed by atoms with Gasteiger partial charge in [-0.05, 0) is 43.6 Å². The average Bonchev–Trinajstić information content (AvgIpc) is 2.63. The van der Waals surface area contributed by atoms with Gasteiger partial charge in [-0.3, -0.25) is 9.59 Å². The third kappa shape index (κ3) is 6.60. The minimum absolute atomic E-state index is 0.0108. The van der Waals surface area contributed by atoms with Gasteiger partial charge in [0.25, 0.3) is 0 Å². The lowest BCUT2D eigenvalue weighted by Crippen LogP contribution is -2.45. The third-order valence-electron chi connectivity index (χ3n) is 5.73. The van der Waals surface area contributed by atoms with Crippen LogP contribution in [-0.4, -0.2) is 41.4 Å². The molecule has 0 amide bonds. The Morgan fingerprint density at radius 2 is 1.68 bits per heavy atom. The average molecular weight is 394 g/mol. The Morgan fingerprint density at radius 3 is 2.11 bits per heavy atom. The molecule has 158 valence electrons. The maximum absolute atomic E-state index is 12.1. The molecule has 0 aliphatic rings. The van der Waals surface area contributed by atoms with Crippen molar-refractivity contribution in [3.63, 3.8) is 0 Å². The molecule has 28 heavy (non-hydrogen) atoms. The first kappa shape index (κ1) is 24.1. The van der Waals surface area contributed by atoms with E-state index >= 15 is 0 Å². The highest BCUT2D eigenvalue weighted by molar-refractivity contribution is 5.77. The van der Waals surface area contributed by atoms with Crippen LogP contribution < -0.4 is 5.73 Å². The summed E-state index contributed by atoms with van der Waals surface area (Å²) in [6.07, 6.45) is 0.802. The van der Waals surface area contributed by atoms with Crippen LogP contribution in [0.5, 0.6) is 0 Å². The van der Waals surface area contributed by atoms with Crippen LogP contribution in [0.25, 0.3) is 0 Å².